The molecule has 0 saturated carbocycles. The molecule has 0 unspecified atom stereocenters. The van der Waals surface area contributed by atoms with Crippen molar-refractivity contribution in [2.24, 2.45) is 0 Å². The number of carboxylic acids is 1. The summed E-state index contributed by atoms with van der Waals surface area (Å²) >= 11 is 0. The van der Waals surface area contributed by atoms with E-state index < -0.39 is 5.97 Å². The minimum absolute atomic E-state index is 0.190. The summed E-state index contributed by atoms with van der Waals surface area (Å²) in [5.74, 6) is -0.352. The van der Waals surface area contributed by atoms with Crippen LogP contribution in [-0.2, 0) is 12.8 Å². The van der Waals surface area contributed by atoms with Gasteiger partial charge in [-0.1, -0.05) is 60.7 Å². The number of rotatable bonds is 6. The van der Waals surface area contributed by atoms with Crippen molar-refractivity contribution in [2.45, 2.75) is 31.7 Å². The van der Waals surface area contributed by atoms with E-state index in [0.29, 0.717) is 18.1 Å². The first kappa shape index (κ1) is 18.2. The lowest BCUT2D eigenvalue weighted by Crippen LogP contribution is -2.25. The summed E-state index contributed by atoms with van der Waals surface area (Å²) in [6.45, 7) is 0.879. The molecule has 1 aromatic heterocycles. The Morgan fingerprint density at radius 3 is 2.46 bits per heavy atom. The number of anilines is 1. The monoisotopic (exact) mass is 373 g/mol. The highest BCUT2D eigenvalue weighted by molar-refractivity contribution is 5.88. The Morgan fingerprint density at radius 1 is 1.04 bits per heavy atom. The molecule has 1 saturated heterocycles. The normalized spacial score (nSPS) is 16.3. The largest absolute Gasteiger partial charge is 0.478 e. The van der Waals surface area contributed by atoms with E-state index in [9.17, 15) is 9.90 Å². The fraction of sp³-hybridized carbons (Fsp3) is 0.261. The first-order valence-corrected chi connectivity index (χ1v) is 9.67. The molecule has 3 aromatic rings. The summed E-state index contributed by atoms with van der Waals surface area (Å²) in [6.07, 6.45) is 4.91. The Kier molecular flexibility index (Phi) is 5.33. The third kappa shape index (κ3) is 3.88. The minimum atomic E-state index is -0.976. The summed E-state index contributed by atoms with van der Waals surface area (Å²) in [7, 11) is 0. The number of aryl methyl sites for hydroxylation is 2. The predicted molar refractivity (Wildman–Crippen MR) is 109 cm³/mol. The van der Waals surface area contributed by atoms with Crippen LogP contribution in [0, 0.1) is 0 Å². The van der Waals surface area contributed by atoms with Crippen LogP contribution in [0.4, 0.5) is 5.95 Å². The maximum absolute atomic E-state index is 11.7. The van der Waals surface area contributed by atoms with Gasteiger partial charge in [0.25, 0.3) is 0 Å². The number of nitrogens with zero attached hydrogens (tertiary/aromatic N) is 3. The van der Waals surface area contributed by atoms with Crippen LogP contribution in [0.1, 0.15) is 46.1 Å². The second-order valence-electron chi connectivity index (χ2n) is 7.08. The van der Waals surface area contributed by atoms with Crippen molar-refractivity contribution < 1.29 is 9.90 Å². The molecule has 5 heteroatoms. The van der Waals surface area contributed by atoms with Crippen molar-refractivity contribution in [3.63, 3.8) is 0 Å². The molecule has 0 aliphatic carbocycles. The number of aromatic nitrogens is 2. The average Bonchev–Trinajstić information content (AvgIpc) is 3.23. The lowest BCUT2D eigenvalue weighted by molar-refractivity contribution is 0.0694. The van der Waals surface area contributed by atoms with E-state index in [0.717, 1.165) is 25.8 Å². The molecular weight excluding hydrogens is 350 g/mol. The molecule has 0 spiro atoms. The Hall–Kier alpha value is -3.21. The highest BCUT2D eigenvalue weighted by Crippen LogP contribution is 2.34. The second kappa shape index (κ2) is 8.21. The Balaban J connectivity index is 1.61. The molecule has 1 aliphatic rings. The lowest BCUT2D eigenvalue weighted by atomic mass is 10.0. The van der Waals surface area contributed by atoms with Crippen LogP contribution < -0.4 is 4.90 Å². The SMILES string of the molecule is O=C(O)c1cnc(N2CCC[C@@H]2c2ccccc2)nc1CCc1ccccc1. The predicted octanol–water partition coefficient (Wildman–Crippen LogP) is 4.30. The van der Waals surface area contributed by atoms with Gasteiger partial charge in [0.1, 0.15) is 0 Å². The Labute approximate surface area is 164 Å². The molecule has 2 heterocycles. The van der Waals surface area contributed by atoms with Crippen LogP contribution in [0.15, 0.2) is 66.9 Å². The van der Waals surface area contributed by atoms with E-state index >= 15 is 0 Å². The smallest absolute Gasteiger partial charge is 0.339 e. The van der Waals surface area contributed by atoms with Gasteiger partial charge in [0.15, 0.2) is 0 Å². The summed E-state index contributed by atoms with van der Waals surface area (Å²) < 4.78 is 0. The number of hydrogen-bond donors (Lipinski definition) is 1. The molecule has 28 heavy (non-hydrogen) atoms. The van der Waals surface area contributed by atoms with Gasteiger partial charge in [0.2, 0.25) is 5.95 Å². The van der Waals surface area contributed by atoms with Gasteiger partial charge in [-0.2, -0.15) is 0 Å². The van der Waals surface area contributed by atoms with Gasteiger partial charge in [0, 0.05) is 12.7 Å². The zero-order chi connectivity index (χ0) is 19.3. The number of carbonyl (C=O) groups is 1. The van der Waals surface area contributed by atoms with E-state index in [4.69, 9.17) is 4.98 Å². The molecule has 142 valence electrons. The van der Waals surface area contributed by atoms with Gasteiger partial charge >= 0.3 is 5.97 Å². The highest BCUT2D eigenvalue weighted by atomic mass is 16.4. The number of hydrogen-bond acceptors (Lipinski definition) is 4. The van der Waals surface area contributed by atoms with Crippen molar-refractivity contribution in [3.05, 3.63) is 89.2 Å². The summed E-state index contributed by atoms with van der Waals surface area (Å²) in [4.78, 5) is 23.0. The molecule has 4 rings (SSSR count). The average molecular weight is 373 g/mol. The van der Waals surface area contributed by atoms with Crippen LogP contribution >= 0.6 is 0 Å². The zero-order valence-electron chi connectivity index (χ0n) is 15.7. The van der Waals surface area contributed by atoms with E-state index in [1.807, 2.05) is 36.4 Å². The fourth-order valence-corrected chi connectivity index (χ4v) is 3.85. The van der Waals surface area contributed by atoms with Crippen molar-refractivity contribution in [3.8, 4) is 0 Å². The van der Waals surface area contributed by atoms with Crippen molar-refractivity contribution in [1.29, 1.82) is 0 Å². The third-order valence-corrected chi connectivity index (χ3v) is 5.27. The van der Waals surface area contributed by atoms with Gasteiger partial charge in [-0.05, 0) is 36.8 Å². The van der Waals surface area contributed by atoms with Crippen LogP contribution in [0.25, 0.3) is 0 Å². The van der Waals surface area contributed by atoms with E-state index in [1.54, 1.807) is 0 Å². The number of benzene rings is 2. The first-order chi connectivity index (χ1) is 13.7. The first-order valence-electron chi connectivity index (χ1n) is 9.67. The molecular formula is C23H23N3O2. The molecule has 0 bridgehead atoms. The minimum Gasteiger partial charge on any atom is -0.478 e. The maximum Gasteiger partial charge on any atom is 0.339 e. The quantitative estimate of drug-likeness (QED) is 0.698. The molecule has 1 fully saturated rings. The van der Waals surface area contributed by atoms with Crippen LogP contribution in [-0.4, -0.2) is 27.6 Å². The Morgan fingerprint density at radius 2 is 1.75 bits per heavy atom. The summed E-state index contributed by atoms with van der Waals surface area (Å²) in [5.41, 5.74) is 3.20. The molecule has 2 aromatic carbocycles. The van der Waals surface area contributed by atoms with E-state index in [-0.39, 0.29) is 11.6 Å². The van der Waals surface area contributed by atoms with E-state index in [2.05, 4.69) is 34.1 Å². The number of carboxylic acid groups (broad SMARTS) is 1. The van der Waals surface area contributed by atoms with Crippen molar-refractivity contribution in [1.82, 2.24) is 9.97 Å². The van der Waals surface area contributed by atoms with Gasteiger partial charge in [-0.15, -0.1) is 0 Å². The van der Waals surface area contributed by atoms with E-state index in [1.165, 1.54) is 17.3 Å². The Bertz CT molecular complexity index is 945. The number of aromatic carboxylic acids is 1. The summed E-state index contributed by atoms with van der Waals surface area (Å²) in [5, 5.41) is 9.56. The molecule has 0 radical (unpaired) electrons. The molecule has 1 aliphatic heterocycles. The lowest BCUT2D eigenvalue weighted by Gasteiger charge is -2.25. The van der Waals surface area contributed by atoms with Gasteiger partial charge < -0.3 is 10.0 Å². The highest BCUT2D eigenvalue weighted by Gasteiger charge is 2.28. The van der Waals surface area contributed by atoms with Gasteiger partial charge in [-0.3, -0.25) is 0 Å². The van der Waals surface area contributed by atoms with Crippen molar-refractivity contribution >= 4 is 11.9 Å². The van der Waals surface area contributed by atoms with Gasteiger partial charge in [-0.25, -0.2) is 14.8 Å². The van der Waals surface area contributed by atoms with Crippen LogP contribution in [0.5, 0.6) is 0 Å². The van der Waals surface area contributed by atoms with Crippen LogP contribution in [0.3, 0.4) is 0 Å². The third-order valence-electron chi connectivity index (χ3n) is 5.27. The fourth-order valence-electron chi connectivity index (χ4n) is 3.85. The molecule has 1 N–H and O–H groups in total. The molecule has 5 nitrogen and oxygen atoms in total. The van der Waals surface area contributed by atoms with Gasteiger partial charge in [0.05, 0.1) is 17.3 Å². The summed E-state index contributed by atoms with van der Waals surface area (Å²) in [6, 6.07) is 20.7. The maximum atomic E-state index is 11.7. The molecule has 1 atom stereocenters. The standard InChI is InChI=1S/C23H23N3O2/c27-22(28)19-16-24-23(25-20(19)14-13-17-8-3-1-4-9-17)26-15-7-12-21(26)18-10-5-2-6-11-18/h1-6,8-11,16,21H,7,12-15H2,(H,27,28)/t21-/m1/s1. The van der Waals surface area contributed by atoms with Crippen LogP contribution in [0.2, 0.25) is 0 Å². The van der Waals surface area contributed by atoms with Crippen molar-refractivity contribution in [2.75, 3.05) is 11.4 Å². The molecule has 0 amide bonds. The zero-order valence-corrected chi connectivity index (χ0v) is 15.7. The topological polar surface area (TPSA) is 66.3 Å². The second-order valence-corrected chi connectivity index (χ2v) is 7.08.